The van der Waals surface area contributed by atoms with E-state index in [0.717, 1.165) is 79.4 Å². The van der Waals surface area contributed by atoms with Crippen LogP contribution < -0.4 is 19.6 Å². The molecule has 0 aliphatic carbocycles. The summed E-state index contributed by atoms with van der Waals surface area (Å²) in [6.45, 7) is 0. The average Bonchev–Trinajstić information content (AvgIpc) is 3.59. The van der Waals surface area contributed by atoms with Gasteiger partial charge in [-0.2, -0.15) is 0 Å². The van der Waals surface area contributed by atoms with Crippen molar-refractivity contribution in [1.29, 1.82) is 0 Å². The Bertz CT molecular complexity index is 4070. The Labute approximate surface area is 516 Å². The van der Waals surface area contributed by atoms with Crippen molar-refractivity contribution in [3.05, 3.63) is 376 Å². The highest BCUT2D eigenvalue weighted by molar-refractivity contribution is 5.87. The first kappa shape index (κ1) is 54.2. The van der Waals surface area contributed by atoms with E-state index in [-0.39, 0.29) is 0 Å². The van der Waals surface area contributed by atoms with Crippen LogP contribution in [-0.4, -0.2) is 0 Å². The molecule has 0 saturated carbocycles. The van der Waals surface area contributed by atoms with E-state index in [9.17, 15) is 0 Å². The van der Waals surface area contributed by atoms with Crippen molar-refractivity contribution in [3.8, 4) is 55.6 Å². The molecule has 0 spiro atoms. The van der Waals surface area contributed by atoms with Crippen LogP contribution in [0.4, 0.5) is 68.2 Å². The van der Waals surface area contributed by atoms with Crippen LogP contribution >= 0.6 is 0 Å². The van der Waals surface area contributed by atoms with Gasteiger partial charge >= 0.3 is 0 Å². The van der Waals surface area contributed by atoms with Crippen LogP contribution in [0.3, 0.4) is 0 Å². The third-order valence-electron chi connectivity index (χ3n) is 16.3. The Kier molecular flexibility index (Phi) is 15.6. The average molecular weight is 1130 g/mol. The molecule has 14 aromatic carbocycles. The number of benzene rings is 14. The number of hydrogen-bond donors (Lipinski definition) is 0. The lowest BCUT2D eigenvalue weighted by Gasteiger charge is -2.30. The van der Waals surface area contributed by atoms with E-state index in [1.54, 1.807) is 0 Å². The molecular weight excluding hydrogens is 1060 g/mol. The minimum Gasteiger partial charge on any atom is -0.311 e. The minimum absolute atomic E-state index is 1.03. The van der Waals surface area contributed by atoms with E-state index in [4.69, 9.17) is 0 Å². The SMILES string of the molecule is c1ccc(-c2ccc(N(c3ccc(-c4ccccc4)cc3)c3ccc(N(c4ccc(-c5ccc(N(c6ccccc6)c6ccccc6)cc5)cc4)c4ccc(N(c5ccc(-c6ccccc6)cc5)c5ccc(-c6ccccc6)cc5)cc4)cc3)cc2)cc1. The number of anilines is 12. The van der Waals surface area contributed by atoms with Crippen molar-refractivity contribution in [1.82, 2.24) is 0 Å². The fourth-order valence-corrected chi connectivity index (χ4v) is 11.8. The topological polar surface area (TPSA) is 13.0 Å². The van der Waals surface area contributed by atoms with Gasteiger partial charge in [-0.1, -0.05) is 231 Å². The maximum Gasteiger partial charge on any atom is 0.0463 e. The molecule has 0 aliphatic heterocycles. The maximum atomic E-state index is 2.36. The fourth-order valence-electron chi connectivity index (χ4n) is 11.8. The van der Waals surface area contributed by atoms with Gasteiger partial charge in [0.15, 0.2) is 0 Å². The second-order valence-corrected chi connectivity index (χ2v) is 21.8. The summed E-state index contributed by atoms with van der Waals surface area (Å²) < 4.78 is 0. The van der Waals surface area contributed by atoms with Gasteiger partial charge in [-0.25, -0.2) is 0 Å². The van der Waals surface area contributed by atoms with Crippen molar-refractivity contribution in [2.75, 3.05) is 19.6 Å². The Morgan fingerprint density at radius 1 is 0.0909 bits per heavy atom. The van der Waals surface area contributed by atoms with Crippen molar-refractivity contribution >= 4 is 68.2 Å². The van der Waals surface area contributed by atoms with Crippen LogP contribution in [0.15, 0.2) is 376 Å². The van der Waals surface area contributed by atoms with Crippen molar-refractivity contribution in [2.45, 2.75) is 0 Å². The molecule has 0 bridgehead atoms. The molecule has 88 heavy (non-hydrogen) atoms. The zero-order chi connectivity index (χ0) is 58.9. The fraction of sp³-hybridized carbons (Fsp3) is 0. The molecule has 0 amide bonds. The van der Waals surface area contributed by atoms with Crippen LogP contribution in [0.1, 0.15) is 0 Å². The molecule has 0 saturated heterocycles. The normalized spacial score (nSPS) is 11.0. The summed E-state index contributed by atoms with van der Waals surface area (Å²) in [5.74, 6) is 0. The number of para-hydroxylation sites is 2. The molecule has 0 radical (unpaired) electrons. The first-order chi connectivity index (χ1) is 43.6. The van der Waals surface area contributed by atoms with Gasteiger partial charge in [0.25, 0.3) is 0 Å². The Morgan fingerprint density at radius 3 is 0.341 bits per heavy atom. The Balaban J connectivity index is 0.837. The highest BCUT2D eigenvalue weighted by atomic mass is 15.2. The van der Waals surface area contributed by atoms with Crippen LogP contribution in [0.25, 0.3) is 55.6 Å². The summed E-state index contributed by atoms with van der Waals surface area (Å²) in [6.07, 6.45) is 0. The van der Waals surface area contributed by atoms with Gasteiger partial charge in [-0.3, -0.25) is 0 Å². The van der Waals surface area contributed by atoms with Gasteiger partial charge in [0.2, 0.25) is 0 Å². The predicted octanol–water partition coefficient (Wildman–Crippen LogP) is 23.9. The lowest BCUT2D eigenvalue weighted by atomic mass is 10.0. The molecular formula is C84H62N4. The molecule has 14 aromatic rings. The van der Waals surface area contributed by atoms with E-state index in [1.807, 2.05) is 0 Å². The zero-order valence-corrected chi connectivity index (χ0v) is 48.6. The van der Waals surface area contributed by atoms with E-state index >= 15 is 0 Å². The summed E-state index contributed by atoms with van der Waals surface area (Å²) in [7, 11) is 0. The molecule has 0 heterocycles. The van der Waals surface area contributed by atoms with E-state index < -0.39 is 0 Å². The monoisotopic (exact) mass is 1130 g/mol. The van der Waals surface area contributed by atoms with Crippen molar-refractivity contribution in [2.24, 2.45) is 0 Å². The predicted molar refractivity (Wildman–Crippen MR) is 372 cm³/mol. The molecule has 4 heteroatoms. The Hall–Kier alpha value is -11.7. The smallest absolute Gasteiger partial charge is 0.0463 e. The zero-order valence-electron chi connectivity index (χ0n) is 48.6. The van der Waals surface area contributed by atoms with Crippen LogP contribution in [0.2, 0.25) is 0 Å². The van der Waals surface area contributed by atoms with Gasteiger partial charge < -0.3 is 19.6 Å². The third kappa shape index (κ3) is 11.7. The standard InChI is InChI=1S/C84H62N4/c1-7-19-63(20-8-1)67-31-43-76(44-32-67)86(77-45-33-68(34-46-77)64-21-9-2-10-22-64)81-55-59-83(60-56-81)88(80-53-41-72(42-54-80)71-39-51-75(52-40-71)85(73-27-15-5-16-28-73)74-29-17-6-18-30-74)84-61-57-82(58-62-84)87(78-47-35-69(36-48-78)65-23-11-3-12-24-65)79-49-37-70(38-50-79)66-25-13-4-14-26-66/h1-62H. The highest BCUT2D eigenvalue weighted by Crippen LogP contribution is 2.44. The molecule has 0 unspecified atom stereocenters. The molecule has 4 nitrogen and oxygen atoms in total. The first-order valence-electron chi connectivity index (χ1n) is 30.0. The second-order valence-electron chi connectivity index (χ2n) is 21.8. The van der Waals surface area contributed by atoms with E-state index in [1.165, 1.54) is 44.5 Å². The molecule has 0 fully saturated rings. The van der Waals surface area contributed by atoms with Gasteiger partial charge in [0.05, 0.1) is 0 Å². The maximum absolute atomic E-state index is 2.36. The number of rotatable bonds is 17. The summed E-state index contributed by atoms with van der Waals surface area (Å²) in [5, 5.41) is 0. The van der Waals surface area contributed by atoms with Gasteiger partial charge in [-0.05, 0) is 201 Å². The molecule has 0 aromatic heterocycles. The largest absolute Gasteiger partial charge is 0.311 e. The first-order valence-corrected chi connectivity index (χ1v) is 30.0. The van der Waals surface area contributed by atoms with Crippen LogP contribution in [0.5, 0.6) is 0 Å². The Morgan fingerprint density at radius 2 is 0.193 bits per heavy atom. The van der Waals surface area contributed by atoms with E-state index in [0.29, 0.717) is 0 Å². The lowest BCUT2D eigenvalue weighted by Crippen LogP contribution is -2.13. The van der Waals surface area contributed by atoms with Crippen LogP contribution in [0, 0.1) is 0 Å². The molecule has 0 N–H and O–H groups in total. The number of nitrogens with zero attached hydrogens (tertiary/aromatic N) is 4. The van der Waals surface area contributed by atoms with Crippen molar-refractivity contribution < 1.29 is 0 Å². The highest BCUT2D eigenvalue weighted by Gasteiger charge is 2.20. The lowest BCUT2D eigenvalue weighted by molar-refractivity contribution is 1.24. The molecule has 0 aliphatic rings. The van der Waals surface area contributed by atoms with Gasteiger partial charge in [-0.15, -0.1) is 0 Å². The summed E-state index contributed by atoms with van der Waals surface area (Å²) in [5.41, 5.74) is 24.5. The van der Waals surface area contributed by atoms with Gasteiger partial charge in [0.1, 0.15) is 0 Å². The van der Waals surface area contributed by atoms with Crippen molar-refractivity contribution in [3.63, 3.8) is 0 Å². The minimum atomic E-state index is 1.03. The second kappa shape index (κ2) is 25.2. The van der Waals surface area contributed by atoms with Crippen LogP contribution in [-0.2, 0) is 0 Å². The molecule has 0 atom stereocenters. The van der Waals surface area contributed by atoms with E-state index in [2.05, 4.69) is 396 Å². The molecule has 418 valence electrons. The summed E-state index contributed by atoms with van der Waals surface area (Å²) >= 11 is 0. The van der Waals surface area contributed by atoms with Gasteiger partial charge in [0, 0.05) is 68.2 Å². The summed E-state index contributed by atoms with van der Waals surface area (Å²) in [4.78, 5) is 9.35. The molecule has 14 rings (SSSR count). The quantitative estimate of drug-likeness (QED) is 0.0901. The summed E-state index contributed by atoms with van der Waals surface area (Å²) in [6, 6.07) is 135. The number of hydrogen-bond acceptors (Lipinski definition) is 4. The third-order valence-corrected chi connectivity index (χ3v) is 16.3.